The smallest absolute Gasteiger partial charge is 0.256 e. The molecule has 1 aromatic carbocycles. The van der Waals surface area contributed by atoms with E-state index in [2.05, 4.69) is 20.2 Å². The maximum absolute atomic E-state index is 12.8. The van der Waals surface area contributed by atoms with Crippen LogP contribution in [0.25, 0.3) is 0 Å². The highest BCUT2D eigenvalue weighted by Crippen LogP contribution is 2.26. The first-order valence-electron chi connectivity index (χ1n) is 9.94. The van der Waals surface area contributed by atoms with E-state index in [4.69, 9.17) is 4.74 Å². The van der Waals surface area contributed by atoms with Gasteiger partial charge in [0.1, 0.15) is 6.61 Å². The van der Waals surface area contributed by atoms with Crippen molar-refractivity contribution in [2.45, 2.75) is 25.9 Å². The molecule has 1 N–H and O–H groups in total. The van der Waals surface area contributed by atoms with Gasteiger partial charge in [-0.2, -0.15) is 0 Å². The summed E-state index contributed by atoms with van der Waals surface area (Å²) in [4.78, 5) is 23.8. The molecule has 0 atom stereocenters. The van der Waals surface area contributed by atoms with Gasteiger partial charge in [0.2, 0.25) is 5.88 Å². The number of nitrogens with zero attached hydrogens (tertiary/aromatic N) is 3. The number of benzene rings is 1. The number of piperidine rings is 1. The van der Waals surface area contributed by atoms with Crippen LogP contribution in [-0.4, -0.2) is 29.0 Å². The van der Waals surface area contributed by atoms with Gasteiger partial charge >= 0.3 is 0 Å². The molecule has 0 saturated carbocycles. The van der Waals surface area contributed by atoms with Crippen molar-refractivity contribution in [1.82, 2.24) is 9.97 Å². The summed E-state index contributed by atoms with van der Waals surface area (Å²) >= 11 is 0. The number of carbonyl (C=O) groups is 1. The number of hydrogen-bond acceptors (Lipinski definition) is 5. The molecule has 4 rings (SSSR count). The molecule has 0 bridgehead atoms. The Balaban J connectivity index is 1.45. The van der Waals surface area contributed by atoms with Crippen LogP contribution in [0.1, 0.15) is 35.2 Å². The third-order valence-corrected chi connectivity index (χ3v) is 4.92. The summed E-state index contributed by atoms with van der Waals surface area (Å²) < 4.78 is 5.74. The lowest BCUT2D eigenvalue weighted by atomic mass is 10.1. The first-order chi connectivity index (χ1) is 14.3. The van der Waals surface area contributed by atoms with Gasteiger partial charge in [-0.05, 0) is 43.0 Å². The van der Waals surface area contributed by atoms with Crippen LogP contribution in [0.4, 0.5) is 11.5 Å². The fourth-order valence-electron chi connectivity index (χ4n) is 3.41. The zero-order valence-electron chi connectivity index (χ0n) is 16.3. The zero-order valence-corrected chi connectivity index (χ0v) is 16.3. The lowest BCUT2D eigenvalue weighted by molar-refractivity contribution is 0.102. The highest BCUT2D eigenvalue weighted by Gasteiger charge is 2.17. The lowest BCUT2D eigenvalue weighted by Crippen LogP contribution is -2.31. The molecule has 2 aromatic heterocycles. The molecule has 0 radical (unpaired) electrons. The third-order valence-electron chi connectivity index (χ3n) is 4.92. The molecule has 6 heteroatoms. The van der Waals surface area contributed by atoms with Gasteiger partial charge in [-0.25, -0.2) is 9.97 Å². The number of rotatable bonds is 6. The molecule has 1 aliphatic heterocycles. The number of nitrogens with one attached hydrogen (secondary N) is 1. The van der Waals surface area contributed by atoms with E-state index in [1.807, 2.05) is 42.5 Å². The molecule has 0 spiro atoms. The third kappa shape index (κ3) is 4.90. The van der Waals surface area contributed by atoms with Gasteiger partial charge in [-0.1, -0.05) is 30.3 Å². The number of ether oxygens (including phenoxy) is 1. The largest absolute Gasteiger partial charge is 0.473 e. The normalized spacial score (nSPS) is 13.7. The van der Waals surface area contributed by atoms with Gasteiger partial charge < -0.3 is 15.0 Å². The van der Waals surface area contributed by atoms with E-state index >= 15 is 0 Å². The lowest BCUT2D eigenvalue weighted by Gasteiger charge is -2.29. The van der Waals surface area contributed by atoms with Crippen molar-refractivity contribution < 1.29 is 9.53 Å². The predicted octanol–water partition coefficient (Wildman–Crippen LogP) is 4.30. The molecule has 0 unspecified atom stereocenters. The van der Waals surface area contributed by atoms with Crippen molar-refractivity contribution in [3.8, 4) is 5.88 Å². The second-order valence-electron chi connectivity index (χ2n) is 7.03. The zero-order chi connectivity index (χ0) is 19.9. The summed E-state index contributed by atoms with van der Waals surface area (Å²) in [6, 6.07) is 16.9. The average molecular weight is 388 g/mol. The van der Waals surface area contributed by atoms with Gasteiger partial charge in [0.25, 0.3) is 5.91 Å². The Morgan fingerprint density at radius 3 is 2.62 bits per heavy atom. The first kappa shape index (κ1) is 18.9. The van der Waals surface area contributed by atoms with Gasteiger partial charge in [0.15, 0.2) is 5.82 Å². The number of amides is 1. The monoisotopic (exact) mass is 388 g/mol. The molecule has 0 aliphatic carbocycles. The Hall–Kier alpha value is -3.41. The summed E-state index contributed by atoms with van der Waals surface area (Å²) in [5.41, 5.74) is 2.27. The van der Waals surface area contributed by atoms with E-state index in [-0.39, 0.29) is 5.91 Å². The molecule has 1 amide bonds. The van der Waals surface area contributed by atoms with Crippen LogP contribution in [0.2, 0.25) is 0 Å². The van der Waals surface area contributed by atoms with Gasteiger partial charge in [-0.15, -0.1) is 0 Å². The Morgan fingerprint density at radius 1 is 0.966 bits per heavy atom. The predicted molar refractivity (Wildman–Crippen MR) is 113 cm³/mol. The van der Waals surface area contributed by atoms with Crippen LogP contribution in [0, 0.1) is 0 Å². The van der Waals surface area contributed by atoms with Crippen LogP contribution < -0.4 is 15.0 Å². The minimum atomic E-state index is -0.205. The number of carbonyl (C=O) groups excluding carboxylic acids is 1. The van der Waals surface area contributed by atoms with Crippen LogP contribution in [-0.2, 0) is 6.61 Å². The van der Waals surface area contributed by atoms with E-state index in [1.165, 1.54) is 6.42 Å². The molecule has 1 aliphatic rings. The average Bonchev–Trinajstić information content (AvgIpc) is 2.79. The van der Waals surface area contributed by atoms with Gasteiger partial charge in [0, 0.05) is 37.1 Å². The van der Waals surface area contributed by atoms with Crippen molar-refractivity contribution in [2.75, 3.05) is 23.3 Å². The van der Waals surface area contributed by atoms with Crippen molar-refractivity contribution in [3.63, 3.8) is 0 Å². The summed E-state index contributed by atoms with van der Waals surface area (Å²) in [5.74, 6) is 1.04. The van der Waals surface area contributed by atoms with Gasteiger partial charge in [-0.3, -0.25) is 4.79 Å². The molecular weight excluding hydrogens is 364 g/mol. The minimum absolute atomic E-state index is 0.205. The molecule has 6 nitrogen and oxygen atoms in total. The molecule has 148 valence electrons. The Morgan fingerprint density at radius 2 is 1.79 bits per heavy atom. The maximum Gasteiger partial charge on any atom is 0.256 e. The van der Waals surface area contributed by atoms with Crippen LogP contribution >= 0.6 is 0 Å². The Bertz CT molecular complexity index is 956. The molecular formula is C23H24N4O2. The molecule has 1 fully saturated rings. The topological polar surface area (TPSA) is 67.4 Å². The van der Waals surface area contributed by atoms with Crippen LogP contribution in [0.15, 0.2) is 67.0 Å². The SMILES string of the molecule is O=C(Nc1cccnc1N1CCCCC1)c1ccnc(OCc2ccccc2)c1. The summed E-state index contributed by atoms with van der Waals surface area (Å²) in [6.07, 6.45) is 6.90. The van der Waals surface area contributed by atoms with Crippen LogP contribution in [0.5, 0.6) is 5.88 Å². The second kappa shape index (κ2) is 9.19. The van der Waals surface area contributed by atoms with E-state index in [9.17, 15) is 4.79 Å². The van der Waals surface area contributed by atoms with Gasteiger partial charge in [0.05, 0.1) is 5.69 Å². The highest BCUT2D eigenvalue weighted by molar-refractivity contribution is 6.05. The maximum atomic E-state index is 12.8. The first-order valence-corrected chi connectivity index (χ1v) is 9.94. The molecule has 1 saturated heterocycles. The Labute approximate surface area is 170 Å². The number of pyridine rings is 2. The summed E-state index contributed by atoms with van der Waals surface area (Å²) in [6.45, 7) is 2.33. The molecule has 29 heavy (non-hydrogen) atoms. The standard InChI is InChI=1S/C23H24N4O2/c28-23(26-20-10-7-12-25-22(20)27-14-5-2-6-15-27)19-11-13-24-21(16-19)29-17-18-8-3-1-4-9-18/h1,3-4,7-13,16H,2,5-6,14-15,17H2,(H,26,28). The van der Waals surface area contributed by atoms with Crippen molar-refractivity contribution in [2.24, 2.45) is 0 Å². The fraction of sp³-hybridized carbons (Fsp3) is 0.261. The minimum Gasteiger partial charge on any atom is -0.473 e. The molecule has 3 aromatic rings. The quantitative estimate of drug-likeness (QED) is 0.682. The summed E-state index contributed by atoms with van der Waals surface area (Å²) in [7, 11) is 0. The number of aromatic nitrogens is 2. The Kier molecular flexibility index (Phi) is 6.00. The van der Waals surface area contributed by atoms with Crippen molar-refractivity contribution in [3.05, 3.63) is 78.1 Å². The number of anilines is 2. The van der Waals surface area contributed by atoms with E-state index < -0.39 is 0 Å². The van der Waals surface area contributed by atoms with Crippen LogP contribution in [0.3, 0.4) is 0 Å². The number of hydrogen-bond donors (Lipinski definition) is 1. The van der Waals surface area contributed by atoms with E-state index in [0.29, 0.717) is 18.1 Å². The van der Waals surface area contributed by atoms with Crippen molar-refractivity contribution >= 4 is 17.4 Å². The van der Waals surface area contributed by atoms with E-state index in [1.54, 1.807) is 24.5 Å². The van der Waals surface area contributed by atoms with E-state index in [0.717, 1.165) is 43.0 Å². The summed E-state index contributed by atoms with van der Waals surface area (Å²) in [5, 5.41) is 3.00. The highest BCUT2D eigenvalue weighted by atomic mass is 16.5. The second-order valence-corrected chi connectivity index (χ2v) is 7.03. The molecule has 3 heterocycles. The van der Waals surface area contributed by atoms with Crippen molar-refractivity contribution in [1.29, 1.82) is 0 Å². The fourth-order valence-corrected chi connectivity index (χ4v) is 3.41.